The molecule has 0 radical (unpaired) electrons. The van der Waals surface area contributed by atoms with Gasteiger partial charge in [-0.15, -0.1) is 0 Å². The first-order valence-corrected chi connectivity index (χ1v) is 7.17. The Morgan fingerprint density at radius 3 is 2.78 bits per heavy atom. The van der Waals surface area contributed by atoms with Crippen molar-refractivity contribution >= 4 is 10.0 Å². The molecule has 0 aromatic carbocycles. The van der Waals surface area contributed by atoms with Crippen LogP contribution in [-0.2, 0) is 21.8 Å². The fourth-order valence-corrected chi connectivity index (χ4v) is 2.86. The average Bonchev–Trinajstić information content (AvgIpc) is 2.76. The van der Waals surface area contributed by atoms with Crippen LogP contribution in [-0.4, -0.2) is 48.4 Å². The number of rotatable bonds is 4. The molecule has 0 saturated carbocycles. The van der Waals surface area contributed by atoms with E-state index in [0.717, 1.165) is 0 Å². The molecule has 18 heavy (non-hydrogen) atoms. The van der Waals surface area contributed by atoms with Crippen molar-refractivity contribution < 1.29 is 18.3 Å². The normalized spacial score (nSPS) is 19.9. The first kappa shape index (κ1) is 13.5. The Labute approximate surface area is 106 Å². The molecule has 1 saturated heterocycles. The predicted molar refractivity (Wildman–Crippen MR) is 63.4 cm³/mol. The summed E-state index contributed by atoms with van der Waals surface area (Å²) in [6.07, 6.45) is 3.68. The fourth-order valence-electron chi connectivity index (χ4n) is 1.76. The van der Waals surface area contributed by atoms with Crippen molar-refractivity contribution in [1.82, 2.24) is 14.3 Å². The Bertz CT molecular complexity index is 505. The second kappa shape index (κ2) is 4.96. The van der Waals surface area contributed by atoms with Crippen LogP contribution in [0.15, 0.2) is 17.6 Å². The summed E-state index contributed by atoms with van der Waals surface area (Å²) in [5.41, 5.74) is -1.03. The van der Waals surface area contributed by atoms with Gasteiger partial charge in [-0.05, 0) is 0 Å². The van der Waals surface area contributed by atoms with E-state index in [9.17, 15) is 13.5 Å². The molecule has 2 heterocycles. The molecule has 1 aliphatic heterocycles. The second-order valence-corrected chi connectivity index (χ2v) is 6.25. The Morgan fingerprint density at radius 1 is 1.56 bits per heavy atom. The summed E-state index contributed by atoms with van der Waals surface area (Å²) in [6.45, 7) is 0.874. The van der Waals surface area contributed by atoms with Crippen molar-refractivity contribution in [2.45, 2.75) is 23.5 Å². The minimum atomic E-state index is -3.66. The molecule has 0 amide bonds. The van der Waals surface area contributed by atoms with Gasteiger partial charge in [0, 0.05) is 45.8 Å². The van der Waals surface area contributed by atoms with Gasteiger partial charge in [-0.2, -0.15) is 0 Å². The molecule has 2 N–H and O–H groups in total. The monoisotopic (exact) mass is 275 g/mol. The summed E-state index contributed by atoms with van der Waals surface area (Å²) in [5.74, 6) is 0. The van der Waals surface area contributed by atoms with E-state index in [2.05, 4.69) is 9.71 Å². The maximum Gasteiger partial charge on any atom is 0.259 e. The van der Waals surface area contributed by atoms with E-state index < -0.39 is 15.6 Å². The van der Waals surface area contributed by atoms with Crippen LogP contribution in [0, 0.1) is 0 Å². The van der Waals surface area contributed by atoms with E-state index in [4.69, 9.17) is 4.74 Å². The number of hydrogen-bond acceptors (Lipinski definition) is 5. The molecular formula is C10H17N3O4S. The molecule has 0 bridgehead atoms. The molecule has 8 heteroatoms. The summed E-state index contributed by atoms with van der Waals surface area (Å²) in [6, 6.07) is 0. The van der Waals surface area contributed by atoms with Gasteiger partial charge in [0.2, 0.25) is 0 Å². The van der Waals surface area contributed by atoms with Crippen molar-refractivity contribution in [2.75, 3.05) is 19.8 Å². The van der Waals surface area contributed by atoms with E-state index in [1.165, 1.54) is 12.5 Å². The molecule has 7 nitrogen and oxygen atoms in total. The number of nitrogens with one attached hydrogen (secondary N) is 1. The van der Waals surface area contributed by atoms with Gasteiger partial charge < -0.3 is 14.4 Å². The molecule has 102 valence electrons. The predicted octanol–water partition coefficient (Wildman–Crippen LogP) is -0.760. The number of hydrogen-bond donors (Lipinski definition) is 2. The first-order valence-electron chi connectivity index (χ1n) is 5.69. The smallest absolute Gasteiger partial charge is 0.259 e. The van der Waals surface area contributed by atoms with Crippen LogP contribution in [0.1, 0.15) is 12.8 Å². The van der Waals surface area contributed by atoms with Crippen LogP contribution in [0.5, 0.6) is 0 Å². The van der Waals surface area contributed by atoms with E-state index in [0.29, 0.717) is 26.1 Å². The second-order valence-electron chi connectivity index (χ2n) is 4.54. The summed E-state index contributed by atoms with van der Waals surface area (Å²) in [7, 11) is -1.97. The van der Waals surface area contributed by atoms with Crippen LogP contribution < -0.4 is 4.72 Å². The zero-order chi connectivity index (χ0) is 13.2. The molecule has 0 aliphatic carbocycles. The lowest BCUT2D eigenvalue weighted by molar-refractivity contribution is -0.0588. The van der Waals surface area contributed by atoms with Gasteiger partial charge >= 0.3 is 0 Å². The highest BCUT2D eigenvalue weighted by Gasteiger charge is 2.31. The van der Waals surface area contributed by atoms with E-state index in [1.807, 2.05) is 0 Å². The number of nitrogens with zero attached hydrogens (tertiary/aromatic N) is 2. The highest BCUT2D eigenvalue weighted by Crippen LogP contribution is 2.20. The Kier molecular flexibility index (Phi) is 3.71. The van der Waals surface area contributed by atoms with E-state index in [-0.39, 0.29) is 11.6 Å². The SMILES string of the molecule is Cn1cnc(S(=O)(=O)NCC2(O)CCOCC2)c1. The van der Waals surface area contributed by atoms with Crippen LogP contribution in [0.2, 0.25) is 0 Å². The third-order valence-corrected chi connectivity index (χ3v) is 4.26. The van der Waals surface area contributed by atoms with Gasteiger partial charge in [-0.1, -0.05) is 0 Å². The third-order valence-electron chi connectivity index (χ3n) is 2.97. The quantitative estimate of drug-likeness (QED) is 0.753. The van der Waals surface area contributed by atoms with Crippen molar-refractivity contribution in [3.05, 3.63) is 12.5 Å². The maximum absolute atomic E-state index is 11.9. The Hall–Kier alpha value is -0.960. The molecule has 0 unspecified atom stereocenters. The third kappa shape index (κ3) is 3.08. The van der Waals surface area contributed by atoms with Gasteiger partial charge in [-0.25, -0.2) is 18.1 Å². The topological polar surface area (TPSA) is 93.5 Å². The van der Waals surface area contributed by atoms with Gasteiger partial charge in [0.25, 0.3) is 10.0 Å². The zero-order valence-electron chi connectivity index (χ0n) is 10.2. The summed E-state index contributed by atoms with van der Waals surface area (Å²) >= 11 is 0. The molecule has 1 fully saturated rings. The van der Waals surface area contributed by atoms with Crippen LogP contribution in [0.4, 0.5) is 0 Å². The van der Waals surface area contributed by atoms with E-state index in [1.54, 1.807) is 11.6 Å². The van der Waals surface area contributed by atoms with Gasteiger partial charge in [-0.3, -0.25) is 0 Å². The van der Waals surface area contributed by atoms with Gasteiger partial charge in [0.15, 0.2) is 5.03 Å². The van der Waals surface area contributed by atoms with Gasteiger partial charge in [0.1, 0.15) is 0 Å². The number of imidazole rings is 1. The van der Waals surface area contributed by atoms with Gasteiger partial charge in [0.05, 0.1) is 11.9 Å². The molecule has 2 rings (SSSR count). The van der Waals surface area contributed by atoms with Crippen LogP contribution >= 0.6 is 0 Å². The fraction of sp³-hybridized carbons (Fsp3) is 0.700. The number of sulfonamides is 1. The number of aryl methyl sites for hydroxylation is 1. The van der Waals surface area contributed by atoms with E-state index >= 15 is 0 Å². The summed E-state index contributed by atoms with van der Waals surface area (Å²) in [5, 5.41) is 10.1. The van der Waals surface area contributed by atoms with Crippen LogP contribution in [0.3, 0.4) is 0 Å². The van der Waals surface area contributed by atoms with Crippen molar-refractivity contribution in [3.63, 3.8) is 0 Å². The maximum atomic E-state index is 11.9. The summed E-state index contributed by atoms with van der Waals surface area (Å²) < 4.78 is 32.9. The molecule has 0 spiro atoms. The van der Waals surface area contributed by atoms with Crippen molar-refractivity contribution in [2.24, 2.45) is 7.05 Å². The minimum Gasteiger partial charge on any atom is -0.388 e. The first-order chi connectivity index (χ1) is 8.41. The zero-order valence-corrected chi connectivity index (χ0v) is 11.0. The lowest BCUT2D eigenvalue weighted by Crippen LogP contribution is -2.46. The minimum absolute atomic E-state index is 0.0186. The molecule has 1 aromatic rings. The number of ether oxygens (including phenoxy) is 1. The average molecular weight is 275 g/mol. The van der Waals surface area contributed by atoms with Crippen molar-refractivity contribution in [3.8, 4) is 0 Å². The summed E-state index contributed by atoms with van der Waals surface area (Å²) in [4.78, 5) is 3.78. The molecule has 1 aromatic heterocycles. The lowest BCUT2D eigenvalue weighted by Gasteiger charge is -2.31. The largest absolute Gasteiger partial charge is 0.388 e. The van der Waals surface area contributed by atoms with Crippen molar-refractivity contribution in [1.29, 1.82) is 0 Å². The van der Waals surface area contributed by atoms with Crippen LogP contribution in [0.25, 0.3) is 0 Å². The number of aromatic nitrogens is 2. The Balaban J connectivity index is 2.01. The Morgan fingerprint density at radius 2 is 2.22 bits per heavy atom. The molecule has 1 aliphatic rings. The molecular weight excluding hydrogens is 258 g/mol. The lowest BCUT2D eigenvalue weighted by atomic mass is 9.95. The molecule has 0 atom stereocenters. The number of aliphatic hydroxyl groups is 1. The highest BCUT2D eigenvalue weighted by atomic mass is 32.2. The standard InChI is InChI=1S/C10H17N3O4S/c1-13-6-9(11-8-13)18(15,16)12-7-10(14)2-4-17-5-3-10/h6,8,12,14H,2-5,7H2,1H3. The highest BCUT2D eigenvalue weighted by molar-refractivity contribution is 7.89.